The molecule has 0 radical (unpaired) electrons. The fraction of sp³-hybridized carbons (Fsp3) is 0.455. The Morgan fingerprint density at radius 3 is 2.82 bits per heavy atom. The van der Waals surface area contributed by atoms with Gasteiger partial charge in [0.2, 0.25) is 0 Å². The van der Waals surface area contributed by atoms with Crippen molar-refractivity contribution in [2.45, 2.75) is 6.92 Å². The van der Waals surface area contributed by atoms with Gasteiger partial charge in [0.1, 0.15) is 5.82 Å². The highest BCUT2D eigenvalue weighted by Crippen LogP contribution is 2.07. The van der Waals surface area contributed by atoms with E-state index in [0.717, 1.165) is 0 Å². The zero-order valence-corrected chi connectivity index (χ0v) is 10.1. The summed E-state index contributed by atoms with van der Waals surface area (Å²) in [4.78, 5) is 17.8. The van der Waals surface area contributed by atoms with E-state index in [0.29, 0.717) is 31.1 Å². The number of hydrogen-bond acceptors (Lipinski definition) is 5. The Bertz CT molecular complexity index is 353. The lowest BCUT2D eigenvalue weighted by Gasteiger charge is -2.20. The fourth-order valence-corrected chi connectivity index (χ4v) is 1.39. The number of nitrogens with two attached hydrogens (primary N) is 1. The van der Waals surface area contributed by atoms with E-state index in [2.05, 4.69) is 10.4 Å². The summed E-state index contributed by atoms with van der Waals surface area (Å²) in [7, 11) is 1.61. The predicted octanol–water partition coefficient (Wildman–Crippen LogP) is 0.476. The second-order valence-electron chi connectivity index (χ2n) is 3.45. The van der Waals surface area contributed by atoms with Crippen molar-refractivity contribution in [3.05, 3.63) is 23.9 Å². The normalized spacial score (nSPS) is 10.1. The third-order valence-corrected chi connectivity index (χ3v) is 2.39. The van der Waals surface area contributed by atoms with Crippen LogP contribution in [0.2, 0.25) is 0 Å². The van der Waals surface area contributed by atoms with Crippen molar-refractivity contribution in [2.24, 2.45) is 5.84 Å². The topological polar surface area (TPSA) is 80.5 Å². The number of amides is 1. The summed E-state index contributed by atoms with van der Waals surface area (Å²) in [5.41, 5.74) is 2.96. The van der Waals surface area contributed by atoms with Crippen LogP contribution in [-0.4, -0.2) is 42.6 Å². The van der Waals surface area contributed by atoms with Crippen molar-refractivity contribution in [1.82, 2.24) is 9.88 Å². The molecule has 0 saturated heterocycles. The average Bonchev–Trinajstić information content (AvgIpc) is 2.39. The van der Waals surface area contributed by atoms with Gasteiger partial charge in [-0.2, -0.15) is 0 Å². The Morgan fingerprint density at radius 2 is 2.35 bits per heavy atom. The van der Waals surface area contributed by atoms with Gasteiger partial charge in [0.15, 0.2) is 0 Å². The van der Waals surface area contributed by atoms with Crippen LogP contribution in [-0.2, 0) is 4.74 Å². The summed E-state index contributed by atoms with van der Waals surface area (Å²) in [5.74, 6) is 5.68. The minimum absolute atomic E-state index is 0.0550. The Labute approximate surface area is 101 Å². The number of methoxy groups -OCH3 is 1. The predicted molar refractivity (Wildman–Crippen MR) is 65.5 cm³/mol. The number of likely N-dealkylation sites (N-methyl/N-ethyl adjacent to an activating group) is 1. The highest BCUT2D eigenvalue weighted by Gasteiger charge is 2.13. The number of pyridine rings is 1. The van der Waals surface area contributed by atoms with Gasteiger partial charge in [-0.15, -0.1) is 0 Å². The first-order valence-corrected chi connectivity index (χ1v) is 5.43. The molecular formula is C11H18N4O2. The van der Waals surface area contributed by atoms with Crippen LogP contribution in [0.25, 0.3) is 0 Å². The molecule has 0 aromatic carbocycles. The molecule has 1 heterocycles. The molecule has 17 heavy (non-hydrogen) atoms. The second kappa shape index (κ2) is 6.82. The molecule has 1 aromatic rings. The zero-order chi connectivity index (χ0) is 12.7. The minimum Gasteiger partial charge on any atom is -0.383 e. The van der Waals surface area contributed by atoms with Gasteiger partial charge in [-0.05, 0) is 19.1 Å². The molecule has 0 aliphatic heterocycles. The van der Waals surface area contributed by atoms with E-state index >= 15 is 0 Å². The third kappa shape index (κ3) is 3.69. The van der Waals surface area contributed by atoms with E-state index < -0.39 is 0 Å². The number of hydrogen-bond donors (Lipinski definition) is 2. The largest absolute Gasteiger partial charge is 0.383 e. The van der Waals surface area contributed by atoms with Crippen molar-refractivity contribution >= 4 is 11.7 Å². The first kappa shape index (κ1) is 13.4. The molecule has 94 valence electrons. The Kier molecular flexibility index (Phi) is 5.38. The van der Waals surface area contributed by atoms with Crippen molar-refractivity contribution in [1.29, 1.82) is 0 Å². The van der Waals surface area contributed by atoms with Gasteiger partial charge in [-0.1, -0.05) is 0 Å². The standard InChI is InChI=1S/C11H18N4O2/c1-3-15(6-7-17-2)11(16)9-4-5-10(14-12)13-8-9/h4-5,8H,3,6-7,12H2,1-2H3,(H,13,14). The van der Waals surface area contributed by atoms with Gasteiger partial charge in [0.05, 0.1) is 12.2 Å². The lowest BCUT2D eigenvalue weighted by Crippen LogP contribution is -2.33. The van der Waals surface area contributed by atoms with E-state index in [1.807, 2.05) is 6.92 Å². The van der Waals surface area contributed by atoms with E-state index in [4.69, 9.17) is 10.6 Å². The number of carbonyl (C=O) groups excluding carboxylic acids is 1. The van der Waals surface area contributed by atoms with Gasteiger partial charge in [0.25, 0.3) is 5.91 Å². The molecule has 1 aromatic heterocycles. The second-order valence-corrected chi connectivity index (χ2v) is 3.45. The maximum atomic E-state index is 12.1. The average molecular weight is 238 g/mol. The summed E-state index contributed by atoms with van der Waals surface area (Å²) in [6.45, 7) is 3.66. The molecule has 0 aliphatic rings. The summed E-state index contributed by atoms with van der Waals surface area (Å²) in [6.07, 6.45) is 1.51. The fourth-order valence-electron chi connectivity index (χ4n) is 1.39. The quantitative estimate of drug-likeness (QED) is 0.556. The van der Waals surface area contributed by atoms with Crippen LogP contribution in [0.3, 0.4) is 0 Å². The van der Waals surface area contributed by atoms with Gasteiger partial charge < -0.3 is 15.1 Å². The molecule has 0 atom stereocenters. The first-order chi connectivity index (χ1) is 8.22. The molecular weight excluding hydrogens is 220 g/mol. The molecule has 1 rings (SSSR count). The van der Waals surface area contributed by atoms with E-state index in [1.165, 1.54) is 6.20 Å². The van der Waals surface area contributed by atoms with Crippen molar-refractivity contribution < 1.29 is 9.53 Å². The first-order valence-electron chi connectivity index (χ1n) is 5.43. The minimum atomic E-state index is -0.0550. The summed E-state index contributed by atoms with van der Waals surface area (Å²) >= 11 is 0. The monoisotopic (exact) mass is 238 g/mol. The number of anilines is 1. The van der Waals surface area contributed by atoms with E-state index in [1.54, 1.807) is 24.1 Å². The van der Waals surface area contributed by atoms with Gasteiger partial charge >= 0.3 is 0 Å². The van der Waals surface area contributed by atoms with Crippen LogP contribution in [0, 0.1) is 0 Å². The highest BCUT2D eigenvalue weighted by atomic mass is 16.5. The Morgan fingerprint density at radius 1 is 1.59 bits per heavy atom. The number of nitrogens with zero attached hydrogens (tertiary/aromatic N) is 2. The number of ether oxygens (including phenoxy) is 1. The van der Waals surface area contributed by atoms with Crippen molar-refractivity contribution in [2.75, 3.05) is 32.2 Å². The molecule has 0 unspecified atom stereocenters. The third-order valence-electron chi connectivity index (χ3n) is 2.39. The number of nitrogen functional groups attached to an aromatic ring is 1. The molecule has 0 saturated carbocycles. The molecule has 1 amide bonds. The highest BCUT2D eigenvalue weighted by molar-refractivity contribution is 5.94. The maximum absolute atomic E-state index is 12.1. The van der Waals surface area contributed by atoms with Gasteiger partial charge in [-0.3, -0.25) is 4.79 Å². The lowest BCUT2D eigenvalue weighted by molar-refractivity contribution is 0.0706. The number of carbonyl (C=O) groups is 1. The van der Waals surface area contributed by atoms with Crippen LogP contribution in [0.4, 0.5) is 5.82 Å². The SMILES string of the molecule is CCN(CCOC)C(=O)c1ccc(NN)nc1. The lowest BCUT2D eigenvalue weighted by atomic mass is 10.2. The maximum Gasteiger partial charge on any atom is 0.255 e. The molecule has 0 aliphatic carbocycles. The van der Waals surface area contributed by atoms with Gasteiger partial charge in [-0.25, -0.2) is 10.8 Å². The summed E-state index contributed by atoms with van der Waals surface area (Å²) < 4.78 is 4.96. The van der Waals surface area contributed by atoms with Gasteiger partial charge in [0, 0.05) is 26.4 Å². The van der Waals surface area contributed by atoms with Crippen LogP contribution >= 0.6 is 0 Å². The number of hydrazine groups is 1. The summed E-state index contributed by atoms with van der Waals surface area (Å²) in [6, 6.07) is 3.36. The van der Waals surface area contributed by atoms with Crippen LogP contribution in [0.15, 0.2) is 18.3 Å². The number of rotatable bonds is 6. The Hall–Kier alpha value is -1.66. The number of aromatic nitrogens is 1. The molecule has 0 spiro atoms. The molecule has 6 heteroatoms. The van der Waals surface area contributed by atoms with Crippen LogP contribution in [0.5, 0.6) is 0 Å². The van der Waals surface area contributed by atoms with Crippen molar-refractivity contribution in [3.8, 4) is 0 Å². The van der Waals surface area contributed by atoms with Crippen LogP contribution in [0.1, 0.15) is 17.3 Å². The van der Waals surface area contributed by atoms with Crippen LogP contribution < -0.4 is 11.3 Å². The summed E-state index contributed by atoms with van der Waals surface area (Å²) in [5, 5.41) is 0. The molecule has 0 bridgehead atoms. The van der Waals surface area contributed by atoms with E-state index in [9.17, 15) is 4.79 Å². The Balaban J connectivity index is 2.71. The van der Waals surface area contributed by atoms with E-state index in [-0.39, 0.29) is 5.91 Å². The molecule has 6 nitrogen and oxygen atoms in total. The smallest absolute Gasteiger partial charge is 0.255 e. The molecule has 3 N–H and O–H groups in total. The molecule has 0 fully saturated rings. The van der Waals surface area contributed by atoms with Crippen molar-refractivity contribution in [3.63, 3.8) is 0 Å². The zero-order valence-electron chi connectivity index (χ0n) is 10.1. The number of nitrogens with one attached hydrogen (secondary N) is 1.